The molecule has 8 fully saturated rings. The molecule has 0 aromatic carbocycles. The topological polar surface area (TPSA) is 77.2 Å². The highest BCUT2D eigenvalue weighted by atomic mass is 19.4. The standard InChI is InChI=1S/C25H32F4N6O/c26-24(3-4-24)18-31-17(32-33-18)15-5-20(6-15)13-35(14-20)19(36)34-7-16(8-34)21-9-23(10-21,11-21)30-12-22(1-2-22)25(27,28)29/h15-16,30H,1-14H2,(H,31,32,33). The van der Waals surface area contributed by atoms with Crippen LogP contribution in [0.25, 0.3) is 0 Å². The number of H-pyrrole nitrogens is 1. The Morgan fingerprint density at radius 3 is 2.31 bits per heavy atom. The van der Waals surface area contributed by atoms with Gasteiger partial charge < -0.3 is 15.1 Å². The van der Waals surface area contributed by atoms with Crippen molar-refractivity contribution >= 4 is 6.03 Å². The van der Waals surface area contributed by atoms with Gasteiger partial charge in [0.25, 0.3) is 0 Å². The Balaban J connectivity index is 0.774. The molecule has 3 heterocycles. The van der Waals surface area contributed by atoms with Crippen LogP contribution < -0.4 is 5.32 Å². The molecular weight excluding hydrogens is 476 g/mol. The summed E-state index contributed by atoms with van der Waals surface area (Å²) in [7, 11) is 0. The van der Waals surface area contributed by atoms with Crippen molar-refractivity contribution in [2.45, 2.75) is 81.1 Å². The first-order chi connectivity index (χ1) is 17.0. The summed E-state index contributed by atoms with van der Waals surface area (Å²) in [5.74, 6) is 1.84. The summed E-state index contributed by atoms with van der Waals surface area (Å²) in [4.78, 5) is 21.2. The fraction of sp³-hybridized carbons (Fsp3) is 0.880. The van der Waals surface area contributed by atoms with Crippen molar-refractivity contribution in [3.05, 3.63) is 11.6 Å². The Morgan fingerprint density at radius 2 is 1.72 bits per heavy atom. The Bertz CT molecular complexity index is 1100. The number of aromatic amines is 1. The van der Waals surface area contributed by atoms with E-state index in [-0.39, 0.29) is 47.7 Å². The zero-order valence-corrected chi connectivity index (χ0v) is 20.3. The van der Waals surface area contributed by atoms with E-state index in [1.807, 2.05) is 9.80 Å². The number of nitrogens with zero attached hydrogens (tertiary/aromatic N) is 4. The molecule has 6 saturated carbocycles. The number of halogens is 4. The van der Waals surface area contributed by atoms with Gasteiger partial charge in [-0.05, 0) is 63.2 Å². The van der Waals surface area contributed by atoms with E-state index < -0.39 is 17.3 Å². The lowest BCUT2D eigenvalue weighted by molar-refractivity contribution is -0.226. The third kappa shape index (κ3) is 2.92. The quantitative estimate of drug-likeness (QED) is 0.573. The van der Waals surface area contributed by atoms with E-state index in [0.29, 0.717) is 24.6 Å². The van der Waals surface area contributed by atoms with E-state index in [4.69, 9.17) is 0 Å². The molecular formula is C25H32F4N6O. The highest BCUT2D eigenvalue weighted by Gasteiger charge is 2.73. The molecule has 2 N–H and O–H groups in total. The average molecular weight is 509 g/mol. The number of aromatic nitrogens is 3. The minimum absolute atomic E-state index is 0.0631. The molecule has 1 spiro atoms. The van der Waals surface area contributed by atoms with Gasteiger partial charge in [-0.2, -0.15) is 18.3 Å². The monoisotopic (exact) mass is 508 g/mol. The van der Waals surface area contributed by atoms with Crippen LogP contribution >= 0.6 is 0 Å². The van der Waals surface area contributed by atoms with Gasteiger partial charge in [-0.1, -0.05) is 0 Å². The highest BCUT2D eigenvalue weighted by molar-refractivity contribution is 5.76. The van der Waals surface area contributed by atoms with Gasteiger partial charge in [0.05, 0.1) is 5.41 Å². The summed E-state index contributed by atoms with van der Waals surface area (Å²) in [5.41, 5.74) is -2.45. The van der Waals surface area contributed by atoms with E-state index in [9.17, 15) is 22.4 Å². The molecule has 196 valence electrons. The normalized spacial score (nSPS) is 36.9. The van der Waals surface area contributed by atoms with Crippen molar-refractivity contribution in [2.75, 3.05) is 32.7 Å². The zero-order valence-electron chi connectivity index (χ0n) is 20.3. The van der Waals surface area contributed by atoms with Crippen LogP contribution in [0.2, 0.25) is 0 Å². The highest BCUT2D eigenvalue weighted by Crippen LogP contribution is 2.72. The molecule has 2 bridgehead atoms. The molecule has 7 nitrogen and oxygen atoms in total. The van der Waals surface area contributed by atoms with Gasteiger partial charge in [-0.15, -0.1) is 0 Å². The van der Waals surface area contributed by atoms with Crippen LogP contribution in [0.4, 0.5) is 22.4 Å². The molecule has 11 heteroatoms. The number of carbonyl (C=O) groups excluding carboxylic acids is 1. The van der Waals surface area contributed by atoms with Crippen LogP contribution in [0.5, 0.6) is 0 Å². The minimum atomic E-state index is -4.10. The predicted octanol–water partition coefficient (Wildman–Crippen LogP) is 3.85. The molecule has 6 aliphatic carbocycles. The molecule has 1 aromatic rings. The van der Waals surface area contributed by atoms with Gasteiger partial charge in [0.2, 0.25) is 0 Å². The van der Waals surface area contributed by atoms with Crippen LogP contribution in [-0.2, 0) is 5.67 Å². The van der Waals surface area contributed by atoms with Crippen LogP contribution in [0.15, 0.2) is 0 Å². The van der Waals surface area contributed by atoms with Gasteiger partial charge >= 0.3 is 12.2 Å². The van der Waals surface area contributed by atoms with E-state index in [0.717, 1.165) is 64.1 Å². The van der Waals surface area contributed by atoms with Crippen LogP contribution in [0.3, 0.4) is 0 Å². The van der Waals surface area contributed by atoms with Crippen molar-refractivity contribution in [1.29, 1.82) is 0 Å². The number of hydrogen-bond donors (Lipinski definition) is 2. The van der Waals surface area contributed by atoms with Gasteiger partial charge in [-0.25, -0.2) is 14.2 Å². The van der Waals surface area contributed by atoms with Crippen LogP contribution in [0, 0.1) is 22.2 Å². The van der Waals surface area contributed by atoms with Gasteiger partial charge in [0.15, 0.2) is 11.5 Å². The minimum Gasteiger partial charge on any atom is -0.324 e. The van der Waals surface area contributed by atoms with E-state index in [1.165, 1.54) is 0 Å². The number of rotatable bonds is 6. The Morgan fingerprint density at radius 1 is 1.06 bits per heavy atom. The van der Waals surface area contributed by atoms with Crippen molar-refractivity contribution < 1.29 is 22.4 Å². The number of urea groups is 1. The number of carbonyl (C=O) groups is 1. The van der Waals surface area contributed by atoms with Crippen molar-refractivity contribution in [3.8, 4) is 0 Å². The summed E-state index contributed by atoms with van der Waals surface area (Å²) in [6.07, 6.45) is 2.23. The molecule has 36 heavy (non-hydrogen) atoms. The predicted molar refractivity (Wildman–Crippen MR) is 120 cm³/mol. The molecule has 0 atom stereocenters. The van der Waals surface area contributed by atoms with Gasteiger partial charge in [0, 0.05) is 55.5 Å². The molecule has 0 radical (unpaired) electrons. The fourth-order valence-electron chi connectivity index (χ4n) is 8.10. The lowest BCUT2D eigenvalue weighted by Gasteiger charge is -2.76. The molecule has 2 amide bonds. The summed E-state index contributed by atoms with van der Waals surface area (Å²) in [6, 6.07) is 0.121. The third-order valence-corrected chi connectivity index (χ3v) is 11.0. The Hall–Kier alpha value is -1.91. The van der Waals surface area contributed by atoms with Crippen LogP contribution in [0.1, 0.15) is 75.4 Å². The molecule has 2 saturated heterocycles. The van der Waals surface area contributed by atoms with Crippen molar-refractivity contribution in [1.82, 2.24) is 30.3 Å². The van der Waals surface area contributed by atoms with Crippen molar-refractivity contribution in [3.63, 3.8) is 0 Å². The second-order valence-corrected chi connectivity index (χ2v) is 13.7. The maximum Gasteiger partial charge on any atom is 0.395 e. The average Bonchev–Trinajstić information content (AvgIpc) is 3.56. The molecule has 1 aromatic heterocycles. The smallest absolute Gasteiger partial charge is 0.324 e. The first-order valence-electron chi connectivity index (χ1n) is 13.4. The second-order valence-electron chi connectivity index (χ2n) is 13.7. The fourth-order valence-corrected chi connectivity index (χ4v) is 8.10. The summed E-state index contributed by atoms with van der Waals surface area (Å²) in [6.45, 7) is 3.17. The number of likely N-dealkylation sites (tertiary alicyclic amines) is 2. The van der Waals surface area contributed by atoms with Crippen molar-refractivity contribution in [2.24, 2.45) is 22.2 Å². The lowest BCUT2D eigenvalue weighted by Crippen LogP contribution is -2.80. The summed E-state index contributed by atoms with van der Waals surface area (Å²) < 4.78 is 53.8. The second kappa shape index (κ2) is 6.38. The van der Waals surface area contributed by atoms with E-state index >= 15 is 0 Å². The molecule has 0 unspecified atom stereocenters. The first-order valence-corrected chi connectivity index (χ1v) is 13.4. The first kappa shape index (κ1) is 22.1. The van der Waals surface area contributed by atoms with E-state index in [2.05, 4.69) is 20.5 Å². The third-order valence-electron chi connectivity index (χ3n) is 11.0. The summed E-state index contributed by atoms with van der Waals surface area (Å²) >= 11 is 0. The maximum atomic E-state index is 14.1. The number of hydrogen-bond acceptors (Lipinski definition) is 4. The van der Waals surface area contributed by atoms with E-state index in [1.54, 1.807) is 0 Å². The lowest BCUT2D eigenvalue weighted by atomic mass is 9.35. The molecule has 9 rings (SSSR count). The SMILES string of the molecule is O=C(N1CC(C23CC(NCC4(C(F)(F)F)CC4)(C2)C3)C1)N1CC2(CC(c3nc(C4(F)CC4)n[nH]3)C2)C1. The molecule has 2 aliphatic heterocycles. The number of nitrogens with one attached hydrogen (secondary N) is 2. The number of amides is 2. The summed E-state index contributed by atoms with van der Waals surface area (Å²) in [5, 5.41) is 10.3. The zero-order chi connectivity index (χ0) is 24.8. The van der Waals surface area contributed by atoms with Gasteiger partial charge in [0.1, 0.15) is 5.82 Å². The largest absolute Gasteiger partial charge is 0.395 e. The Labute approximate surface area is 206 Å². The van der Waals surface area contributed by atoms with Gasteiger partial charge in [-0.3, -0.25) is 5.10 Å². The maximum absolute atomic E-state index is 14.1. The number of alkyl halides is 4. The molecule has 8 aliphatic rings. The van der Waals surface area contributed by atoms with Crippen LogP contribution in [-0.4, -0.2) is 75.5 Å². The Kier molecular flexibility index (Phi) is 3.92.